The molecule has 21 heavy (non-hydrogen) atoms. The van der Waals surface area contributed by atoms with E-state index in [1.165, 1.54) is 24.3 Å². The van der Waals surface area contributed by atoms with Crippen LogP contribution in [0, 0.1) is 5.82 Å². The summed E-state index contributed by atoms with van der Waals surface area (Å²) < 4.78 is 13.7. The molecule has 0 aliphatic heterocycles. The molecular weight excluding hydrogens is 340 g/mol. The lowest BCUT2D eigenvalue weighted by Gasteiger charge is -2.12. The van der Waals surface area contributed by atoms with Crippen LogP contribution in [0.3, 0.4) is 0 Å². The first kappa shape index (κ1) is 15.9. The average molecular weight is 349 g/mol. The number of rotatable bonds is 4. The molecule has 0 heterocycles. The van der Waals surface area contributed by atoms with Crippen molar-refractivity contribution < 1.29 is 14.3 Å². The van der Waals surface area contributed by atoms with Gasteiger partial charge in [0.1, 0.15) is 5.82 Å². The molecule has 0 aliphatic rings. The summed E-state index contributed by atoms with van der Waals surface area (Å²) in [5, 5.41) is 12.8. The number of carboxylic acid groups (broad SMARTS) is 1. The molecule has 0 radical (unpaired) electrons. The van der Waals surface area contributed by atoms with Gasteiger partial charge in [-0.1, -0.05) is 34.8 Å². The first-order valence-corrected chi connectivity index (χ1v) is 6.92. The number of anilines is 1. The number of carbonyl (C=O) groups is 1. The molecule has 0 amide bonds. The van der Waals surface area contributed by atoms with Gasteiger partial charge in [0, 0.05) is 17.1 Å². The summed E-state index contributed by atoms with van der Waals surface area (Å²) in [5.41, 5.74) is 0.598. The van der Waals surface area contributed by atoms with Gasteiger partial charge in [-0.3, -0.25) is 0 Å². The normalized spacial score (nSPS) is 10.5. The van der Waals surface area contributed by atoms with Crippen molar-refractivity contribution in [3.63, 3.8) is 0 Å². The predicted octanol–water partition coefficient (Wildman–Crippen LogP) is 5.10. The zero-order valence-electron chi connectivity index (χ0n) is 10.5. The van der Waals surface area contributed by atoms with Gasteiger partial charge in [0.2, 0.25) is 0 Å². The minimum absolute atomic E-state index is 0.00139. The fourth-order valence-corrected chi connectivity index (χ4v) is 2.69. The van der Waals surface area contributed by atoms with E-state index in [1.54, 1.807) is 0 Å². The van der Waals surface area contributed by atoms with Gasteiger partial charge in [-0.2, -0.15) is 0 Å². The number of aromatic carboxylic acids is 1. The molecule has 2 aromatic rings. The van der Waals surface area contributed by atoms with E-state index in [4.69, 9.17) is 39.9 Å². The number of carboxylic acids is 1. The Kier molecular flexibility index (Phi) is 4.93. The second-order valence-electron chi connectivity index (χ2n) is 4.21. The Balaban J connectivity index is 2.24. The third kappa shape index (κ3) is 3.79. The lowest BCUT2D eigenvalue weighted by atomic mass is 10.1. The quantitative estimate of drug-likeness (QED) is 0.808. The molecular formula is C14H9Cl3FNO2. The Labute approximate surface area is 135 Å². The van der Waals surface area contributed by atoms with Gasteiger partial charge in [-0.05, 0) is 30.3 Å². The van der Waals surface area contributed by atoms with Gasteiger partial charge in [0.05, 0.1) is 21.3 Å². The molecule has 3 nitrogen and oxygen atoms in total. The van der Waals surface area contributed by atoms with Gasteiger partial charge in [-0.25, -0.2) is 9.18 Å². The molecule has 2 rings (SSSR count). The summed E-state index contributed by atoms with van der Waals surface area (Å²) in [6.45, 7) is 0.0357. The van der Waals surface area contributed by atoms with Crippen molar-refractivity contribution >= 4 is 46.5 Å². The highest BCUT2D eigenvalue weighted by atomic mass is 35.5. The number of nitrogens with one attached hydrogen (secondary N) is 1. The van der Waals surface area contributed by atoms with Crippen molar-refractivity contribution in [2.45, 2.75) is 6.54 Å². The molecule has 0 aliphatic carbocycles. The van der Waals surface area contributed by atoms with Crippen molar-refractivity contribution in [1.29, 1.82) is 0 Å². The molecule has 0 aromatic heterocycles. The van der Waals surface area contributed by atoms with Crippen LogP contribution in [0.15, 0.2) is 30.3 Å². The molecule has 0 unspecified atom stereocenters. The molecule has 0 bridgehead atoms. The van der Waals surface area contributed by atoms with Gasteiger partial charge < -0.3 is 10.4 Å². The lowest BCUT2D eigenvalue weighted by molar-refractivity contribution is 0.0696. The van der Waals surface area contributed by atoms with Crippen LogP contribution in [0.2, 0.25) is 15.1 Å². The Morgan fingerprint density at radius 2 is 1.76 bits per heavy atom. The van der Waals surface area contributed by atoms with E-state index in [1.807, 2.05) is 0 Å². The van der Waals surface area contributed by atoms with E-state index in [9.17, 15) is 9.18 Å². The van der Waals surface area contributed by atoms with Crippen LogP contribution in [-0.4, -0.2) is 11.1 Å². The van der Waals surface area contributed by atoms with Crippen molar-refractivity contribution in [1.82, 2.24) is 0 Å². The van der Waals surface area contributed by atoms with Crippen molar-refractivity contribution in [3.8, 4) is 0 Å². The summed E-state index contributed by atoms with van der Waals surface area (Å²) in [5.74, 6) is -1.65. The highest BCUT2D eigenvalue weighted by Crippen LogP contribution is 2.34. The second kappa shape index (κ2) is 6.52. The molecule has 2 aromatic carbocycles. The minimum atomic E-state index is -1.13. The zero-order chi connectivity index (χ0) is 15.6. The summed E-state index contributed by atoms with van der Waals surface area (Å²) in [6.07, 6.45) is 0. The van der Waals surface area contributed by atoms with Gasteiger partial charge in [-0.15, -0.1) is 0 Å². The molecule has 0 atom stereocenters. The largest absolute Gasteiger partial charge is 0.478 e. The number of benzene rings is 2. The van der Waals surface area contributed by atoms with Crippen molar-refractivity contribution in [3.05, 3.63) is 62.3 Å². The minimum Gasteiger partial charge on any atom is -0.478 e. The highest BCUT2D eigenvalue weighted by Gasteiger charge is 2.11. The summed E-state index contributed by atoms with van der Waals surface area (Å²) in [6, 6.07) is 6.56. The number of halogens is 4. The number of hydrogen-bond acceptors (Lipinski definition) is 2. The first-order valence-electron chi connectivity index (χ1n) is 5.78. The van der Waals surface area contributed by atoms with E-state index < -0.39 is 11.8 Å². The fraction of sp³-hybridized carbons (Fsp3) is 0.0714. The molecule has 0 saturated heterocycles. The molecule has 0 spiro atoms. The molecule has 7 heteroatoms. The van der Waals surface area contributed by atoms with Crippen molar-refractivity contribution in [2.24, 2.45) is 0 Å². The summed E-state index contributed by atoms with van der Waals surface area (Å²) >= 11 is 17.8. The second-order valence-corrected chi connectivity index (χ2v) is 5.46. The SMILES string of the molecule is O=C(O)c1ccc(F)c(CNc2c(Cl)cc(Cl)cc2Cl)c1. The molecule has 0 saturated carbocycles. The van der Waals surface area contributed by atoms with Gasteiger partial charge in [0.25, 0.3) is 0 Å². The van der Waals surface area contributed by atoms with Gasteiger partial charge >= 0.3 is 5.97 Å². The third-order valence-electron chi connectivity index (χ3n) is 2.76. The van der Waals surface area contributed by atoms with Crippen LogP contribution < -0.4 is 5.32 Å². The molecule has 110 valence electrons. The third-order valence-corrected chi connectivity index (χ3v) is 3.57. The Bertz CT molecular complexity index is 684. The van der Waals surface area contributed by atoms with Crippen LogP contribution in [0.4, 0.5) is 10.1 Å². The monoisotopic (exact) mass is 347 g/mol. The van der Waals surface area contributed by atoms with Crippen molar-refractivity contribution in [2.75, 3.05) is 5.32 Å². The number of hydrogen-bond donors (Lipinski definition) is 2. The van der Waals surface area contributed by atoms with Crippen LogP contribution in [0.5, 0.6) is 0 Å². The smallest absolute Gasteiger partial charge is 0.335 e. The highest BCUT2D eigenvalue weighted by molar-refractivity contribution is 6.41. The van der Waals surface area contributed by atoms with Crippen LogP contribution in [0.1, 0.15) is 15.9 Å². The topological polar surface area (TPSA) is 49.3 Å². The lowest BCUT2D eigenvalue weighted by Crippen LogP contribution is -2.05. The zero-order valence-corrected chi connectivity index (χ0v) is 12.7. The van der Waals surface area contributed by atoms with E-state index in [2.05, 4.69) is 5.32 Å². The van der Waals surface area contributed by atoms with Crippen LogP contribution >= 0.6 is 34.8 Å². The van der Waals surface area contributed by atoms with E-state index in [0.29, 0.717) is 20.8 Å². The maximum atomic E-state index is 13.7. The Morgan fingerprint density at radius 3 is 2.33 bits per heavy atom. The maximum Gasteiger partial charge on any atom is 0.335 e. The average Bonchev–Trinajstić information content (AvgIpc) is 2.39. The summed E-state index contributed by atoms with van der Waals surface area (Å²) in [4.78, 5) is 10.9. The first-order chi connectivity index (χ1) is 9.88. The fourth-order valence-electron chi connectivity index (χ4n) is 1.74. The predicted molar refractivity (Wildman–Crippen MR) is 82.2 cm³/mol. The Hall–Kier alpha value is -1.49. The molecule has 0 fully saturated rings. The van der Waals surface area contributed by atoms with Crippen LogP contribution in [-0.2, 0) is 6.54 Å². The maximum absolute atomic E-state index is 13.7. The van der Waals surface area contributed by atoms with Gasteiger partial charge in [0.15, 0.2) is 0 Å². The Morgan fingerprint density at radius 1 is 1.14 bits per heavy atom. The van der Waals surface area contributed by atoms with E-state index >= 15 is 0 Å². The standard InChI is InChI=1S/C14H9Cl3FNO2/c15-9-4-10(16)13(11(17)5-9)19-6-8-3-7(14(20)21)1-2-12(8)18/h1-5,19H,6H2,(H,20,21). The summed E-state index contributed by atoms with van der Waals surface area (Å²) in [7, 11) is 0. The van der Waals surface area contributed by atoms with E-state index in [-0.39, 0.29) is 17.7 Å². The van der Waals surface area contributed by atoms with E-state index in [0.717, 1.165) is 6.07 Å². The molecule has 2 N–H and O–H groups in total. The van der Waals surface area contributed by atoms with Crippen LogP contribution in [0.25, 0.3) is 0 Å².